The van der Waals surface area contributed by atoms with Crippen LogP contribution in [0.1, 0.15) is 5.56 Å². The fraction of sp³-hybridized carbons (Fsp3) is 0.222. The predicted molar refractivity (Wildman–Crippen MR) is 54.5 cm³/mol. The zero-order chi connectivity index (χ0) is 12.6. The molecular formula is C9H7ClF2O3S. The first-order valence-electron chi connectivity index (χ1n) is 4.03. The van der Waals surface area contributed by atoms with Gasteiger partial charge in [-0.05, 0) is 12.1 Å². The molecule has 0 saturated carbocycles. The standard InChI is InChI=1S/C9H7ClF2O3S/c1-16(14,15)8-3-2-6(4-7(8)10)9(11,12)5-13/h2-5H,1H3. The first-order valence-corrected chi connectivity index (χ1v) is 6.29. The minimum Gasteiger partial charge on any atom is -0.296 e. The highest BCUT2D eigenvalue weighted by Gasteiger charge is 2.31. The average molecular weight is 269 g/mol. The lowest BCUT2D eigenvalue weighted by atomic mass is 10.1. The minimum atomic E-state index is -3.67. The van der Waals surface area contributed by atoms with Crippen LogP contribution in [-0.4, -0.2) is 21.0 Å². The van der Waals surface area contributed by atoms with Gasteiger partial charge in [0.2, 0.25) is 0 Å². The number of carbonyl (C=O) groups excluding carboxylic acids is 1. The second kappa shape index (κ2) is 4.10. The van der Waals surface area contributed by atoms with Gasteiger partial charge in [-0.15, -0.1) is 0 Å². The highest BCUT2D eigenvalue weighted by Crippen LogP contribution is 2.30. The second-order valence-electron chi connectivity index (χ2n) is 3.16. The molecule has 1 aromatic carbocycles. The van der Waals surface area contributed by atoms with E-state index in [1.165, 1.54) is 0 Å². The lowest BCUT2D eigenvalue weighted by molar-refractivity contribution is -0.130. The zero-order valence-corrected chi connectivity index (χ0v) is 9.65. The molecule has 1 rings (SSSR count). The van der Waals surface area contributed by atoms with Gasteiger partial charge in [-0.3, -0.25) is 4.79 Å². The van der Waals surface area contributed by atoms with Crippen LogP contribution in [0.15, 0.2) is 23.1 Å². The van der Waals surface area contributed by atoms with E-state index in [1.54, 1.807) is 0 Å². The Hall–Kier alpha value is -1.01. The highest BCUT2D eigenvalue weighted by molar-refractivity contribution is 7.90. The van der Waals surface area contributed by atoms with E-state index in [1.807, 2.05) is 0 Å². The first-order chi connectivity index (χ1) is 7.18. The number of hydrogen-bond acceptors (Lipinski definition) is 3. The monoisotopic (exact) mass is 268 g/mol. The Morgan fingerprint density at radius 2 is 1.94 bits per heavy atom. The van der Waals surface area contributed by atoms with E-state index in [0.29, 0.717) is 0 Å². The van der Waals surface area contributed by atoms with E-state index in [-0.39, 0.29) is 9.92 Å². The molecule has 0 saturated heterocycles. The van der Waals surface area contributed by atoms with Crippen LogP contribution in [0, 0.1) is 0 Å². The van der Waals surface area contributed by atoms with Crippen molar-refractivity contribution in [2.45, 2.75) is 10.8 Å². The van der Waals surface area contributed by atoms with Gasteiger partial charge in [0.15, 0.2) is 16.1 Å². The van der Waals surface area contributed by atoms with E-state index in [0.717, 1.165) is 24.5 Å². The molecule has 0 aliphatic carbocycles. The molecule has 7 heteroatoms. The van der Waals surface area contributed by atoms with Crippen molar-refractivity contribution in [3.63, 3.8) is 0 Å². The normalized spacial score (nSPS) is 12.5. The van der Waals surface area contributed by atoms with E-state index < -0.39 is 27.6 Å². The fourth-order valence-electron chi connectivity index (χ4n) is 1.08. The number of benzene rings is 1. The molecule has 0 heterocycles. The Kier molecular flexibility index (Phi) is 3.35. The van der Waals surface area contributed by atoms with E-state index >= 15 is 0 Å². The molecule has 3 nitrogen and oxygen atoms in total. The van der Waals surface area contributed by atoms with Crippen LogP contribution >= 0.6 is 11.6 Å². The molecule has 0 amide bonds. The lowest BCUT2D eigenvalue weighted by Crippen LogP contribution is -2.15. The Morgan fingerprint density at radius 1 is 1.38 bits per heavy atom. The summed E-state index contributed by atoms with van der Waals surface area (Å²) in [6.07, 6.45) is 0.379. The van der Waals surface area contributed by atoms with Gasteiger partial charge >= 0.3 is 5.92 Å². The Labute approximate surface area is 95.9 Å². The third kappa shape index (κ3) is 2.56. The average Bonchev–Trinajstić information content (AvgIpc) is 2.15. The summed E-state index contributed by atoms with van der Waals surface area (Å²) in [6.45, 7) is 0. The number of halogens is 3. The zero-order valence-electron chi connectivity index (χ0n) is 8.08. The number of rotatable bonds is 3. The number of sulfone groups is 1. The van der Waals surface area contributed by atoms with Crippen LogP contribution in [-0.2, 0) is 20.6 Å². The van der Waals surface area contributed by atoms with Crippen LogP contribution in [0.5, 0.6) is 0 Å². The van der Waals surface area contributed by atoms with Crippen LogP contribution in [0.3, 0.4) is 0 Å². The predicted octanol–water partition coefficient (Wildman–Crippen LogP) is 2.03. The molecule has 0 spiro atoms. The maximum Gasteiger partial charge on any atom is 0.327 e. The molecular weight excluding hydrogens is 262 g/mol. The molecule has 0 aliphatic heterocycles. The summed E-state index contributed by atoms with van der Waals surface area (Å²) >= 11 is 5.55. The summed E-state index contributed by atoms with van der Waals surface area (Å²) in [5.74, 6) is -3.67. The maximum atomic E-state index is 12.9. The molecule has 0 fully saturated rings. The number of hydrogen-bond donors (Lipinski definition) is 0. The smallest absolute Gasteiger partial charge is 0.296 e. The summed E-state index contributed by atoms with van der Waals surface area (Å²) in [7, 11) is -3.57. The topological polar surface area (TPSA) is 51.2 Å². The van der Waals surface area contributed by atoms with Crippen LogP contribution < -0.4 is 0 Å². The molecule has 0 radical (unpaired) electrons. The Bertz CT molecular complexity index is 526. The largest absolute Gasteiger partial charge is 0.327 e. The summed E-state index contributed by atoms with van der Waals surface area (Å²) in [5, 5.41) is -0.332. The molecule has 0 N–H and O–H groups in total. The summed E-state index contributed by atoms with van der Waals surface area (Å²) in [4.78, 5) is 9.86. The van der Waals surface area contributed by atoms with Crippen molar-refractivity contribution in [2.24, 2.45) is 0 Å². The molecule has 0 unspecified atom stereocenters. The molecule has 16 heavy (non-hydrogen) atoms. The fourth-order valence-corrected chi connectivity index (χ4v) is 2.41. The molecule has 0 aromatic heterocycles. The van der Waals surface area contributed by atoms with Gasteiger partial charge in [0, 0.05) is 11.8 Å². The van der Waals surface area contributed by atoms with Crippen molar-refractivity contribution in [1.29, 1.82) is 0 Å². The van der Waals surface area contributed by atoms with Gasteiger partial charge in [-0.25, -0.2) is 8.42 Å². The third-order valence-corrected chi connectivity index (χ3v) is 3.44. The Morgan fingerprint density at radius 3 is 2.31 bits per heavy atom. The van der Waals surface area contributed by atoms with E-state index in [9.17, 15) is 22.0 Å². The SMILES string of the molecule is CS(=O)(=O)c1ccc(C(F)(F)C=O)cc1Cl. The molecule has 88 valence electrons. The van der Waals surface area contributed by atoms with Gasteiger partial charge in [-0.1, -0.05) is 17.7 Å². The van der Waals surface area contributed by atoms with E-state index in [2.05, 4.69) is 0 Å². The minimum absolute atomic E-state index is 0.250. The molecule has 1 aromatic rings. The van der Waals surface area contributed by atoms with Gasteiger partial charge in [0.25, 0.3) is 0 Å². The Balaban J connectivity index is 3.36. The van der Waals surface area contributed by atoms with Gasteiger partial charge < -0.3 is 0 Å². The molecule has 0 aliphatic rings. The van der Waals surface area contributed by atoms with Gasteiger partial charge in [0.1, 0.15) is 0 Å². The van der Waals surface area contributed by atoms with Crippen molar-refractivity contribution < 1.29 is 22.0 Å². The first kappa shape index (κ1) is 13.1. The molecule has 0 atom stereocenters. The van der Waals surface area contributed by atoms with Crippen LogP contribution in [0.25, 0.3) is 0 Å². The van der Waals surface area contributed by atoms with Crippen LogP contribution in [0.4, 0.5) is 8.78 Å². The van der Waals surface area contributed by atoms with Crippen molar-refractivity contribution in [3.8, 4) is 0 Å². The maximum absolute atomic E-state index is 12.9. The van der Waals surface area contributed by atoms with Crippen molar-refractivity contribution in [3.05, 3.63) is 28.8 Å². The number of carbonyl (C=O) groups is 1. The third-order valence-electron chi connectivity index (χ3n) is 1.86. The van der Waals surface area contributed by atoms with Crippen LogP contribution in [0.2, 0.25) is 5.02 Å². The number of alkyl halides is 2. The quantitative estimate of drug-likeness (QED) is 0.788. The van der Waals surface area contributed by atoms with Crippen molar-refractivity contribution in [2.75, 3.05) is 6.26 Å². The number of aldehydes is 1. The van der Waals surface area contributed by atoms with Gasteiger partial charge in [0.05, 0.1) is 9.92 Å². The summed E-state index contributed by atoms with van der Waals surface area (Å²) in [6, 6.07) is 2.58. The lowest BCUT2D eigenvalue weighted by Gasteiger charge is -2.10. The summed E-state index contributed by atoms with van der Waals surface area (Å²) in [5.41, 5.74) is -0.639. The summed E-state index contributed by atoms with van der Waals surface area (Å²) < 4.78 is 48.1. The second-order valence-corrected chi connectivity index (χ2v) is 5.55. The highest BCUT2D eigenvalue weighted by atomic mass is 35.5. The van der Waals surface area contributed by atoms with Gasteiger partial charge in [-0.2, -0.15) is 8.78 Å². The van der Waals surface area contributed by atoms with E-state index in [4.69, 9.17) is 11.6 Å². The van der Waals surface area contributed by atoms with Crippen molar-refractivity contribution >= 4 is 27.7 Å². The molecule has 0 bridgehead atoms. The van der Waals surface area contributed by atoms with Crippen molar-refractivity contribution in [1.82, 2.24) is 0 Å².